The maximum absolute atomic E-state index is 8.88. The van der Waals surface area contributed by atoms with Gasteiger partial charge in [-0.2, -0.15) is 0 Å². The molecule has 0 aromatic carbocycles. The molecule has 0 aromatic rings. The maximum Gasteiger partial charge on any atom is 0.0443 e. The van der Waals surface area contributed by atoms with Crippen LogP contribution >= 0.6 is 0 Å². The van der Waals surface area contributed by atoms with Crippen LogP contribution in [0.1, 0.15) is 32.6 Å². The van der Waals surface area contributed by atoms with Gasteiger partial charge in [-0.25, -0.2) is 0 Å². The first-order chi connectivity index (χ1) is 7.31. The Bertz CT molecular complexity index is 198. The molecule has 88 valence electrons. The number of aliphatic hydroxyl groups is 1. The fourth-order valence-electron chi connectivity index (χ4n) is 3.00. The molecule has 3 heteroatoms. The van der Waals surface area contributed by atoms with Gasteiger partial charge in [0.2, 0.25) is 0 Å². The summed E-state index contributed by atoms with van der Waals surface area (Å²) in [5.41, 5.74) is 0. The molecule has 0 aromatic heterocycles. The van der Waals surface area contributed by atoms with Crippen LogP contribution in [0.2, 0.25) is 0 Å². The van der Waals surface area contributed by atoms with Crippen molar-refractivity contribution in [1.29, 1.82) is 0 Å². The average Bonchev–Trinajstić information content (AvgIpc) is 2.26. The largest absolute Gasteiger partial charge is 0.396 e. The molecule has 2 rings (SSSR count). The van der Waals surface area contributed by atoms with Crippen LogP contribution in [0.5, 0.6) is 0 Å². The summed E-state index contributed by atoms with van der Waals surface area (Å²) in [7, 11) is 0. The van der Waals surface area contributed by atoms with E-state index in [2.05, 4.69) is 16.7 Å². The minimum atomic E-state index is 0.331. The molecule has 2 atom stereocenters. The topological polar surface area (TPSA) is 26.7 Å². The van der Waals surface area contributed by atoms with Crippen LogP contribution in [0.4, 0.5) is 0 Å². The Labute approximate surface area is 93.1 Å². The second kappa shape index (κ2) is 5.28. The van der Waals surface area contributed by atoms with Crippen LogP contribution in [0, 0.1) is 0 Å². The van der Waals surface area contributed by atoms with Crippen LogP contribution in [0.15, 0.2) is 0 Å². The van der Waals surface area contributed by atoms with Gasteiger partial charge < -0.3 is 5.11 Å². The summed E-state index contributed by atoms with van der Waals surface area (Å²) in [6.45, 7) is 7.49. The Morgan fingerprint density at radius 1 is 1.27 bits per heavy atom. The second-order valence-corrected chi connectivity index (χ2v) is 5.07. The highest BCUT2D eigenvalue weighted by Crippen LogP contribution is 2.23. The summed E-state index contributed by atoms with van der Waals surface area (Å²) in [6, 6.07) is 1.47. The monoisotopic (exact) mass is 212 g/mol. The van der Waals surface area contributed by atoms with E-state index in [9.17, 15) is 0 Å². The molecule has 1 N–H and O–H groups in total. The van der Waals surface area contributed by atoms with Crippen LogP contribution in [-0.4, -0.2) is 59.8 Å². The van der Waals surface area contributed by atoms with Crippen LogP contribution in [0.3, 0.4) is 0 Å². The minimum Gasteiger partial charge on any atom is -0.396 e. The van der Waals surface area contributed by atoms with Crippen molar-refractivity contribution >= 4 is 0 Å². The second-order valence-electron chi connectivity index (χ2n) is 5.07. The number of rotatable bonds is 3. The highest BCUT2D eigenvalue weighted by atomic mass is 16.3. The van der Waals surface area contributed by atoms with E-state index in [0.29, 0.717) is 12.6 Å². The van der Waals surface area contributed by atoms with E-state index in [1.807, 2.05) is 0 Å². The van der Waals surface area contributed by atoms with Gasteiger partial charge >= 0.3 is 0 Å². The van der Waals surface area contributed by atoms with Gasteiger partial charge in [-0.3, -0.25) is 9.80 Å². The highest BCUT2D eigenvalue weighted by Gasteiger charge is 2.32. The van der Waals surface area contributed by atoms with Crippen LogP contribution in [-0.2, 0) is 0 Å². The van der Waals surface area contributed by atoms with Crippen molar-refractivity contribution in [3.63, 3.8) is 0 Å². The summed E-state index contributed by atoms with van der Waals surface area (Å²) in [5, 5.41) is 8.88. The first-order valence-corrected chi connectivity index (χ1v) is 6.40. The molecule has 0 bridgehead atoms. The average molecular weight is 212 g/mol. The van der Waals surface area contributed by atoms with Crippen molar-refractivity contribution in [2.75, 3.05) is 32.8 Å². The quantitative estimate of drug-likeness (QED) is 0.754. The number of piperazine rings is 1. The number of nitrogens with zero attached hydrogens (tertiary/aromatic N) is 2. The molecule has 0 saturated carbocycles. The first kappa shape index (κ1) is 11.4. The van der Waals surface area contributed by atoms with Gasteiger partial charge in [0.05, 0.1) is 0 Å². The number of fused-ring (bicyclic) bond motifs is 1. The molecule has 2 saturated heterocycles. The summed E-state index contributed by atoms with van der Waals surface area (Å²) in [4.78, 5) is 5.23. The van der Waals surface area contributed by atoms with Gasteiger partial charge in [-0.15, -0.1) is 0 Å². The van der Waals surface area contributed by atoms with E-state index in [1.165, 1.54) is 38.9 Å². The Balaban J connectivity index is 1.87. The molecule has 0 amide bonds. The van der Waals surface area contributed by atoms with Gasteiger partial charge in [-0.05, 0) is 32.7 Å². The van der Waals surface area contributed by atoms with Crippen molar-refractivity contribution < 1.29 is 5.11 Å². The third-order valence-corrected chi connectivity index (χ3v) is 3.92. The van der Waals surface area contributed by atoms with Crippen molar-refractivity contribution in [3.05, 3.63) is 0 Å². The maximum atomic E-state index is 8.88. The van der Waals surface area contributed by atoms with Crippen molar-refractivity contribution in [2.45, 2.75) is 44.7 Å². The number of piperidine rings is 1. The molecular weight excluding hydrogens is 188 g/mol. The summed E-state index contributed by atoms with van der Waals surface area (Å²) >= 11 is 0. The minimum absolute atomic E-state index is 0.331. The van der Waals surface area contributed by atoms with Gasteiger partial charge in [-0.1, -0.05) is 6.42 Å². The Hall–Kier alpha value is -0.120. The predicted octanol–water partition coefficient (Wildman–Crippen LogP) is 0.927. The lowest BCUT2D eigenvalue weighted by molar-refractivity contribution is 0.0129. The van der Waals surface area contributed by atoms with Gasteiger partial charge in [0.25, 0.3) is 0 Å². The molecule has 2 aliphatic rings. The molecule has 3 nitrogen and oxygen atoms in total. The van der Waals surface area contributed by atoms with E-state index >= 15 is 0 Å². The Morgan fingerprint density at radius 3 is 2.93 bits per heavy atom. The van der Waals surface area contributed by atoms with Gasteiger partial charge in [0, 0.05) is 38.3 Å². The Kier molecular flexibility index (Phi) is 4.00. The van der Waals surface area contributed by atoms with E-state index < -0.39 is 0 Å². The predicted molar refractivity (Wildman–Crippen MR) is 61.9 cm³/mol. The van der Waals surface area contributed by atoms with Crippen molar-refractivity contribution in [2.24, 2.45) is 0 Å². The van der Waals surface area contributed by atoms with Gasteiger partial charge in [0.1, 0.15) is 0 Å². The summed E-state index contributed by atoms with van der Waals surface area (Å²) in [5.74, 6) is 0. The van der Waals surface area contributed by atoms with Crippen LogP contribution in [0.25, 0.3) is 0 Å². The van der Waals surface area contributed by atoms with E-state index in [-0.39, 0.29) is 0 Å². The first-order valence-electron chi connectivity index (χ1n) is 6.40. The number of aliphatic hydroxyl groups excluding tert-OH is 1. The zero-order valence-corrected chi connectivity index (χ0v) is 9.86. The van der Waals surface area contributed by atoms with Crippen LogP contribution < -0.4 is 0 Å². The zero-order valence-electron chi connectivity index (χ0n) is 9.86. The SMILES string of the molecule is CC1CN2CCCCC2CN1CCCO. The third kappa shape index (κ3) is 2.71. The zero-order chi connectivity index (χ0) is 10.7. The highest BCUT2D eigenvalue weighted by molar-refractivity contribution is 4.88. The molecule has 2 unspecified atom stereocenters. The normalized spacial score (nSPS) is 34.0. The van der Waals surface area contributed by atoms with E-state index in [1.54, 1.807) is 0 Å². The fourth-order valence-corrected chi connectivity index (χ4v) is 3.00. The van der Waals surface area contributed by atoms with E-state index in [4.69, 9.17) is 5.11 Å². The molecule has 15 heavy (non-hydrogen) atoms. The lowest BCUT2D eigenvalue weighted by Crippen LogP contribution is -2.58. The molecule has 2 aliphatic heterocycles. The molecular formula is C12H24N2O. The fraction of sp³-hybridized carbons (Fsp3) is 1.00. The van der Waals surface area contributed by atoms with Gasteiger partial charge in [0.15, 0.2) is 0 Å². The third-order valence-electron chi connectivity index (χ3n) is 3.92. The molecule has 2 heterocycles. The standard InChI is InChI=1S/C12H24N2O/c1-11-9-14-6-3-2-5-12(14)10-13(11)7-4-8-15/h11-12,15H,2-10H2,1H3. The van der Waals surface area contributed by atoms with Crippen molar-refractivity contribution in [3.8, 4) is 0 Å². The lowest BCUT2D eigenvalue weighted by atomic mass is 9.97. The summed E-state index contributed by atoms with van der Waals surface area (Å²) in [6.07, 6.45) is 5.10. The molecule has 0 aliphatic carbocycles. The van der Waals surface area contributed by atoms with Crippen molar-refractivity contribution in [1.82, 2.24) is 9.80 Å². The molecule has 2 fully saturated rings. The van der Waals surface area contributed by atoms with E-state index in [0.717, 1.165) is 19.0 Å². The Morgan fingerprint density at radius 2 is 2.13 bits per heavy atom. The molecule has 0 spiro atoms. The summed E-state index contributed by atoms with van der Waals surface area (Å²) < 4.78 is 0. The lowest BCUT2D eigenvalue weighted by Gasteiger charge is -2.47. The number of hydrogen-bond donors (Lipinski definition) is 1. The smallest absolute Gasteiger partial charge is 0.0443 e. The molecule has 0 radical (unpaired) electrons. The number of hydrogen-bond acceptors (Lipinski definition) is 3.